The zero-order valence-corrected chi connectivity index (χ0v) is 14.9. The summed E-state index contributed by atoms with van der Waals surface area (Å²) in [6, 6.07) is 15.9. The zero-order chi connectivity index (χ0) is 19.2. The van der Waals surface area contributed by atoms with E-state index in [0.29, 0.717) is 17.1 Å². The number of pyridine rings is 1. The SMILES string of the molecule is O=C(N/N=C\c1cccc(F)c1)c1cccn(Cc2ccc(Cl)cc2)c1=O. The molecule has 0 saturated carbocycles. The van der Waals surface area contributed by atoms with Crippen LogP contribution in [0.2, 0.25) is 5.02 Å². The largest absolute Gasteiger partial charge is 0.310 e. The number of hydrogen-bond donors (Lipinski definition) is 1. The first-order valence-corrected chi connectivity index (χ1v) is 8.43. The van der Waals surface area contributed by atoms with E-state index in [4.69, 9.17) is 11.6 Å². The third-order valence-electron chi connectivity index (χ3n) is 3.76. The summed E-state index contributed by atoms with van der Waals surface area (Å²) in [5, 5.41) is 4.38. The van der Waals surface area contributed by atoms with E-state index in [1.807, 2.05) is 12.1 Å². The molecule has 0 radical (unpaired) electrons. The zero-order valence-electron chi connectivity index (χ0n) is 14.1. The molecule has 0 aliphatic rings. The lowest BCUT2D eigenvalue weighted by Crippen LogP contribution is -2.30. The van der Waals surface area contributed by atoms with Gasteiger partial charge in [0, 0.05) is 11.2 Å². The van der Waals surface area contributed by atoms with E-state index in [2.05, 4.69) is 10.5 Å². The van der Waals surface area contributed by atoms with Crippen LogP contribution < -0.4 is 11.0 Å². The molecule has 0 bridgehead atoms. The monoisotopic (exact) mass is 383 g/mol. The molecule has 1 amide bonds. The number of nitrogens with one attached hydrogen (secondary N) is 1. The van der Waals surface area contributed by atoms with Gasteiger partial charge < -0.3 is 4.57 Å². The van der Waals surface area contributed by atoms with E-state index in [0.717, 1.165) is 5.56 Å². The molecule has 5 nitrogen and oxygen atoms in total. The Hall–Kier alpha value is -3.25. The van der Waals surface area contributed by atoms with Gasteiger partial charge in [0.1, 0.15) is 11.4 Å². The van der Waals surface area contributed by atoms with Crippen LogP contribution in [0.4, 0.5) is 4.39 Å². The summed E-state index contributed by atoms with van der Waals surface area (Å²) in [5.41, 5.74) is 3.17. The molecule has 1 N–H and O–H groups in total. The van der Waals surface area contributed by atoms with Crippen LogP contribution >= 0.6 is 11.6 Å². The molecule has 0 atom stereocenters. The highest BCUT2D eigenvalue weighted by Gasteiger charge is 2.11. The first kappa shape index (κ1) is 18.5. The van der Waals surface area contributed by atoms with Crippen molar-refractivity contribution < 1.29 is 9.18 Å². The van der Waals surface area contributed by atoms with Crippen molar-refractivity contribution in [1.82, 2.24) is 9.99 Å². The minimum Gasteiger partial charge on any atom is -0.310 e. The predicted octanol–water partition coefficient (Wildman–Crippen LogP) is 3.45. The molecule has 0 aliphatic carbocycles. The Bertz CT molecular complexity index is 1050. The van der Waals surface area contributed by atoms with Crippen LogP contribution in [0.15, 0.2) is 76.8 Å². The second-order valence-corrected chi connectivity index (χ2v) is 6.17. The normalized spacial score (nSPS) is 10.9. The summed E-state index contributed by atoms with van der Waals surface area (Å²) >= 11 is 5.86. The molecule has 0 fully saturated rings. The van der Waals surface area contributed by atoms with Gasteiger partial charge in [-0.2, -0.15) is 5.10 Å². The Balaban J connectivity index is 1.73. The first-order chi connectivity index (χ1) is 13.0. The first-order valence-electron chi connectivity index (χ1n) is 8.06. The Morgan fingerprint density at radius 1 is 1.15 bits per heavy atom. The van der Waals surface area contributed by atoms with E-state index in [1.165, 1.54) is 35.0 Å². The maximum atomic E-state index is 13.1. The second kappa shape index (κ2) is 8.42. The van der Waals surface area contributed by atoms with Crippen molar-refractivity contribution in [1.29, 1.82) is 0 Å². The number of carbonyl (C=O) groups excluding carboxylic acids is 1. The van der Waals surface area contributed by atoms with Crippen molar-refractivity contribution in [3.63, 3.8) is 0 Å². The number of nitrogens with zero attached hydrogens (tertiary/aromatic N) is 2. The van der Waals surface area contributed by atoms with Crippen molar-refractivity contribution >= 4 is 23.7 Å². The number of halogens is 2. The number of carbonyl (C=O) groups is 1. The van der Waals surface area contributed by atoms with Gasteiger partial charge in [-0.1, -0.05) is 35.9 Å². The minimum absolute atomic E-state index is 0.0390. The Kier molecular flexibility index (Phi) is 5.78. The van der Waals surface area contributed by atoms with Gasteiger partial charge in [0.15, 0.2) is 0 Å². The fourth-order valence-electron chi connectivity index (χ4n) is 2.43. The molecule has 136 valence electrons. The molecule has 3 rings (SSSR count). The summed E-state index contributed by atoms with van der Waals surface area (Å²) < 4.78 is 14.5. The average Bonchev–Trinajstić information content (AvgIpc) is 2.65. The van der Waals surface area contributed by atoms with Crippen molar-refractivity contribution in [3.05, 3.63) is 105 Å². The molecule has 27 heavy (non-hydrogen) atoms. The Labute approximate surface area is 159 Å². The molecule has 0 unspecified atom stereocenters. The van der Waals surface area contributed by atoms with E-state index in [1.54, 1.807) is 30.5 Å². The summed E-state index contributed by atoms with van der Waals surface area (Å²) in [6.07, 6.45) is 2.90. The van der Waals surface area contributed by atoms with Gasteiger partial charge in [0.25, 0.3) is 11.5 Å². The lowest BCUT2D eigenvalue weighted by Gasteiger charge is -2.08. The van der Waals surface area contributed by atoms with Crippen LogP contribution in [0.3, 0.4) is 0 Å². The second-order valence-electron chi connectivity index (χ2n) is 5.74. The maximum absolute atomic E-state index is 13.1. The molecular weight excluding hydrogens is 369 g/mol. The van der Waals surface area contributed by atoms with Crippen LogP contribution in [0.25, 0.3) is 0 Å². The minimum atomic E-state index is -0.641. The van der Waals surface area contributed by atoms with Gasteiger partial charge in [-0.25, -0.2) is 9.82 Å². The number of rotatable bonds is 5. The molecule has 2 aromatic carbocycles. The smallest absolute Gasteiger partial charge is 0.276 e. The Morgan fingerprint density at radius 2 is 1.93 bits per heavy atom. The Morgan fingerprint density at radius 3 is 2.67 bits per heavy atom. The van der Waals surface area contributed by atoms with Gasteiger partial charge in [-0.15, -0.1) is 0 Å². The number of aromatic nitrogens is 1. The van der Waals surface area contributed by atoms with Crippen LogP contribution in [-0.2, 0) is 6.54 Å². The lowest BCUT2D eigenvalue weighted by molar-refractivity contribution is 0.0953. The van der Waals surface area contributed by atoms with Crippen molar-refractivity contribution in [2.75, 3.05) is 0 Å². The quantitative estimate of drug-likeness (QED) is 0.541. The fourth-order valence-corrected chi connectivity index (χ4v) is 2.56. The standard InChI is InChI=1S/C20H15ClFN3O2/c21-16-8-6-14(7-9-16)13-25-10-2-5-18(20(25)27)19(26)24-23-12-15-3-1-4-17(22)11-15/h1-12H,13H2,(H,24,26)/b23-12-. The van der Waals surface area contributed by atoms with E-state index in [-0.39, 0.29) is 5.56 Å². The summed E-state index contributed by atoms with van der Waals surface area (Å²) in [5.74, 6) is -1.04. The van der Waals surface area contributed by atoms with Crippen molar-refractivity contribution in [2.45, 2.75) is 6.54 Å². The van der Waals surface area contributed by atoms with Crippen molar-refractivity contribution in [2.24, 2.45) is 5.10 Å². The molecule has 0 aliphatic heterocycles. The highest BCUT2D eigenvalue weighted by molar-refractivity contribution is 6.30. The lowest BCUT2D eigenvalue weighted by atomic mass is 10.2. The summed E-state index contributed by atoms with van der Waals surface area (Å²) in [7, 11) is 0. The predicted molar refractivity (Wildman–Crippen MR) is 103 cm³/mol. The van der Waals surface area contributed by atoms with Crippen LogP contribution in [0.5, 0.6) is 0 Å². The molecular formula is C20H15ClFN3O2. The molecule has 1 heterocycles. The molecule has 1 aromatic heterocycles. The molecule has 7 heteroatoms. The maximum Gasteiger partial charge on any atom is 0.276 e. The van der Waals surface area contributed by atoms with E-state index in [9.17, 15) is 14.0 Å². The van der Waals surface area contributed by atoms with Gasteiger partial charge in [0.2, 0.25) is 0 Å². The van der Waals surface area contributed by atoms with Gasteiger partial charge in [-0.3, -0.25) is 9.59 Å². The number of hydrogen-bond acceptors (Lipinski definition) is 3. The van der Waals surface area contributed by atoms with Crippen LogP contribution in [0, 0.1) is 5.82 Å². The van der Waals surface area contributed by atoms with Gasteiger partial charge >= 0.3 is 0 Å². The van der Waals surface area contributed by atoms with E-state index < -0.39 is 17.3 Å². The highest BCUT2D eigenvalue weighted by Crippen LogP contribution is 2.10. The van der Waals surface area contributed by atoms with Gasteiger partial charge in [0.05, 0.1) is 12.8 Å². The third kappa shape index (κ3) is 4.89. The number of benzene rings is 2. The highest BCUT2D eigenvalue weighted by atomic mass is 35.5. The average molecular weight is 384 g/mol. The number of hydrazone groups is 1. The van der Waals surface area contributed by atoms with Crippen LogP contribution in [0.1, 0.15) is 21.5 Å². The summed E-state index contributed by atoms with van der Waals surface area (Å²) in [6.45, 7) is 0.309. The van der Waals surface area contributed by atoms with Gasteiger partial charge in [-0.05, 0) is 47.5 Å². The number of amides is 1. The summed E-state index contributed by atoms with van der Waals surface area (Å²) in [4.78, 5) is 24.8. The molecule has 0 spiro atoms. The van der Waals surface area contributed by atoms with E-state index >= 15 is 0 Å². The fraction of sp³-hybridized carbons (Fsp3) is 0.0500. The third-order valence-corrected chi connectivity index (χ3v) is 4.01. The van der Waals surface area contributed by atoms with Crippen molar-refractivity contribution in [3.8, 4) is 0 Å². The topological polar surface area (TPSA) is 63.5 Å². The molecule has 3 aromatic rings. The van der Waals surface area contributed by atoms with Crippen LogP contribution in [-0.4, -0.2) is 16.7 Å². The molecule has 0 saturated heterocycles.